The maximum absolute atomic E-state index is 13.0. The van der Waals surface area contributed by atoms with Gasteiger partial charge in [-0.1, -0.05) is 47.5 Å². The summed E-state index contributed by atoms with van der Waals surface area (Å²) in [5.74, 6) is -0.477. The normalized spacial score (nSPS) is 17.2. The molecule has 1 aliphatic rings. The van der Waals surface area contributed by atoms with Crippen LogP contribution in [0.5, 0.6) is 11.5 Å². The van der Waals surface area contributed by atoms with Crippen molar-refractivity contribution < 1.29 is 23.0 Å². The van der Waals surface area contributed by atoms with E-state index in [1.54, 1.807) is 0 Å². The first kappa shape index (κ1) is 23.4. The van der Waals surface area contributed by atoms with Crippen molar-refractivity contribution in [1.29, 1.82) is 0 Å². The number of piperazine rings is 1. The average molecular weight is 477 g/mol. The molecule has 3 aromatic rings. The first-order valence-electron chi connectivity index (χ1n) is 10.6. The predicted molar refractivity (Wildman–Crippen MR) is 122 cm³/mol. The zero-order chi connectivity index (χ0) is 23.6. The lowest BCUT2D eigenvalue weighted by Gasteiger charge is -2.37. The Bertz CT molecular complexity index is 1120. The monoisotopic (exact) mass is 476 g/mol. The van der Waals surface area contributed by atoms with Gasteiger partial charge in [-0.25, -0.2) is 0 Å². The number of halogens is 4. The molecule has 1 aliphatic heterocycles. The van der Waals surface area contributed by atoms with Gasteiger partial charge in [0.2, 0.25) is 0 Å². The molecule has 0 aromatic heterocycles. The summed E-state index contributed by atoms with van der Waals surface area (Å²) < 4.78 is 43.4. The van der Waals surface area contributed by atoms with E-state index in [0.29, 0.717) is 17.1 Å². The van der Waals surface area contributed by atoms with Gasteiger partial charge in [-0.05, 0) is 53.9 Å². The third kappa shape index (κ3) is 5.79. The minimum absolute atomic E-state index is 0.0836. The van der Waals surface area contributed by atoms with Crippen molar-refractivity contribution in [3.63, 3.8) is 0 Å². The van der Waals surface area contributed by atoms with Crippen LogP contribution in [0.15, 0.2) is 60.7 Å². The zero-order valence-corrected chi connectivity index (χ0v) is 18.7. The average Bonchev–Trinajstić information content (AvgIpc) is 2.76. The lowest BCUT2D eigenvalue weighted by molar-refractivity contribution is -0.274. The largest absolute Gasteiger partial charge is 0.573 e. The van der Waals surface area contributed by atoms with Gasteiger partial charge < -0.3 is 15.2 Å². The number of phenolic OH excluding ortho intramolecular Hbond substituents is 1. The third-order valence-electron chi connectivity index (χ3n) is 5.73. The fourth-order valence-electron chi connectivity index (χ4n) is 4.19. The first-order valence-corrected chi connectivity index (χ1v) is 11.0. The number of alkyl halides is 3. The second-order valence-electron chi connectivity index (χ2n) is 8.13. The highest BCUT2D eigenvalue weighted by atomic mass is 35.5. The van der Waals surface area contributed by atoms with Crippen molar-refractivity contribution >= 4 is 11.6 Å². The number of phenols is 1. The molecule has 4 rings (SSSR count). The van der Waals surface area contributed by atoms with Gasteiger partial charge in [0.1, 0.15) is 11.5 Å². The second kappa shape index (κ2) is 9.63. The van der Waals surface area contributed by atoms with E-state index in [2.05, 4.69) is 15.0 Å². The summed E-state index contributed by atoms with van der Waals surface area (Å²) >= 11 is 6.05. The Morgan fingerprint density at radius 3 is 2.55 bits per heavy atom. The van der Waals surface area contributed by atoms with E-state index in [0.717, 1.165) is 42.4 Å². The molecule has 1 fully saturated rings. The Kier molecular flexibility index (Phi) is 6.83. The summed E-state index contributed by atoms with van der Waals surface area (Å²) in [6, 6.07) is 17.1. The van der Waals surface area contributed by atoms with Crippen LogP contribution < -0.4 is 10.1 Å². The molecular formula is C25H24ClF3N2O2. The van der Waals surface area contributed by atoms with Crippen LogP contribution in [0, 0.1) is 6.92 Å². The number of nitrogens with one attached hydrogen (secondary N) is 1. The Morgan fingerprint density at radius 1 is 1.06 bits per heavy atom. The zero-order valence-electron chi connectivity index (χ0n) is 18.0. The van der Waals surface area contributed by atoms with Crippen LogP contribution in [-0.2, 0) is 6.54 Å². The standard InChI is InChI=1S/C25H24ClF3N2O2/c1-16-2-3-18(15-31-11-10-30-14-23(31)17-4-6-19(26)7-5-17)21(12-16)22-13-20(32)8-9-24(22)33-25(27,28)29/h2-9,12-13,23,30,32H,10-11,14-15H2,1H3. The van der Waals surface area contributed by atoms with E-state index >= 15 is 0 Å². The molecule has 1 heterocycles. The topological polar surface area (TPSA) is 44.7 Å². The molecule has 1 saturated heterocycles. The highest BCUT2D eigenvalue weighted by molar-refractivity contribution is 6.30. The molecule has 8 heteroatoms. The van der Waals surface area contributed by atoms with Gasteiger partial charge in [0.15, 0.2) is 0 Å². The van der Waals surface area contributed by atoms with Crippen molar-refractivity contribution in [2.45, 2.75) is 25.9 Å². The molecule has 1 unspecified atom stereocenters. The molecule has 0 spiro atoms. The van der Waals surface area contributed by atoms with Crippen molar-refractivity contribution in [2.75, 3.05) is 19.6 Å². The van der Waals surface area contributed by atoms with E-state index in [4.69, 9.17) is 11.6 Å². The van der Waals surface area contributed by atoms with Crippen molar-refractivity contribution in [3.05, 3.63) is 82.4 Å². The van der Waals surface area contributed by atoms with Crippen LogP contribution in [-0.4, -0.2) is 36.0 Å². The highest BCUT2D eigenvalue weighted by Gasteiger charge is 2.33. The van der Waals surface area contributed by atoms with Gasteiger partial charge in [0.05, 0.1) is 0 Å². The number of hydrogen-bond donors (Lipinski definition) is 2. The minimum atomic E-state index is -4.84. The van der Waals surface area contributed by atoms with Gasteiger partial charge in [0.25, 0.3) is 0 Å². The van der Waals surface area contributed by atoms with E-state index < -0.39 is 6.36 Å². The number of nitrogens with zero attached hydrogens (tertiary/aromatic N) is 1. The number of benzene rings is 3. The number of hydrogen-bond acceptors (Lipinski definition) is 4. The van der Waals surface area contributed by atoms with Gasteiger partial charge in [0, 0.05) is 42.8 Å². The summed E-state index contributed by atoms with van der Waals surface area (Å²) in [5.41, 5.74) is 3.64. The quantitative estimate of drug-likeness (QED) is 0.469. The van der Waals surface area contributed by atoms with Crippen molar-refractivity contribution in [2.24, 2.45) is 0 Å². The highest BCUT2D eigenvalue weighted by Crippen LogP contribution is 2.39. The maximum Gasteiger partial charge on any atom is 0.573 e. The van der Waals surface area contributed by atoms with Crippen LogP contribution in [0.1, 0.15) is 22.7 Å². The fourth-order valence-corrected chi connectivity index (χ4v) is 4.32. The molecule has 3 aromatic carbocycles. The van der Waals surface area contributed by atoms with Crippen LogP contribution in [0.4, 0.5) is 13.2 Å². The van der Waals surface area contributed by atoms with Gasteiger partial charge in [-0.2, -0.15) is 0 Å². The molecule has 2 N–H and O–H groups in total. The summed E-state index contributed by atoms with van der Waals surface area (Å²) in [7, 11) is 0. The number of aryl methyl sites for hydroxylation is 1. The predicted octanol–water partition coefficient (Wildman–Crippen LogP) is 6.07. The molecule has 0 amide bonds. The van der Waals surface area contributed by atoms with Gasteiger partial charge in [-0.3, -0.25) is 4.90 Å². The summed E-state index contributed by atoms with van der Waals surface area (Å²) in [6.07, 6.45) is -4.84. The lowest BCUT2D eigenvalue weighted by Crippen LogP contribution is -2.45. The molecule has 0 saturated carbocycles. The molecule has 4 nitrogen and oxygen atoms in total. The lowest BCUT2D eigenvalue weighted by atomic mass is 9.95. The third-order valence-corrected chi connectivity index (χ3v) is 5.98. The summed E-state index contributed by atoms with van der Waals surface area (Å²) in [5, 5.41) is 14.1. The number of ether oxygens (including phenoxy) is 1. The molecule has 174 valence electrons. The van der Waals surface area contributed by atoms with Crippen molar-refractivity contribution in [3.8, 4) is 22.6 Å². The Morgan fingerprint density at radius 2 is 1.82 bits per heavy atom. The van der Waals surface area contributed by atoms with Gasteiger partial charge in [-0.15, -0.1) is 13.2 Å². The SMILES string of the molecule is Cc1ccc(CN2CCNCC2c2ccc(Cl)cc2)c(-c2cc(O)ccc2OC(F)(F)F)c1. The number of rotatable bonds is 5. The molecule has 0 aliphatic carbocycles. The molecule has 1 atom stereocenters. The van der Waals surface area contributed by atoms with Crippen LogP contribution >= 0.6 is 11.6 Å². The van der Waals surface area contributed by atoms with Crippen LogP contribution in [0.2, 0.25) is 5.02 Å². The van der Waals surface area contributed by atoms with E-state index in [1.165, 1.54) is 12.1 Å². The Hall–Kier alpha value is -2.74. The van der Waals surface area contributed by atoms with Crippen LogP contribution in [0.3, 0.4) is 0 Å². The Balaban J connectivity index is 1.72. The molecule has 0 radical (unpaired) electrons. The maximum atomic E-state index is 13.0. The van der Waals surface area contributed by atoms with Crippen LogP contribution in [0.25, 0.3) is 11.1 Å². The molecular weight excluding hydrogens is 453 g/mol. The van der Waals surface area contributed by atoms with E-state index in [-0.39, 0.29) is 23.1 Å². The first-order chi connectivity index (χ1) is 15.7. The van der Waals surface area contributed by atoms with E-state index in [9.17, 15) is 18.3 Å². The minimum Gasteiger partial charge on any atom is -0.508 e. The van der Waals surface area contributed by atoms with Gasteiger partial charge >= 0.3 is 6.36 Å². The van der Waals surface area contributed by atoms with Crippen molar-refractivity contribution in [1.82, 2.24) is 10.2 Å². The fraction of sp³-hybridized carbons (Fsp3) is 0.280. The molecule has 0 bridgehead atoms. The van der Waals surface area contributed by atoms with E-state index in [1.807, 2.05) is 49.4 Å². The number of aromatic hydroxyl groups is 1. The second-order valence-corrected chi connectivity index (χ2v) is 8.57. The molecule has 33 heavy (non-hydrogen) atoms. The smallest absolute Gasteiger partial charge is 0.508 e. The Labute approximate surface area is 195 Å². The summed E-state index contributed by atoms with van der Waals surface area (Å²) in [4.78, 5) is 2.29. The summed E-state index contributed by atoms with van der Waals surface area (Å²) in [6.45, 7) is 4.72.